The van der Waals surface area contributed by atoms with E-state index < -0.39 is 23.5 Å². The Morgan fingerprint density at radius 3 is 2.59 bits per heavy atom. The number of ether oxygens (including phenoxy) is 2. The minimum Gasteiger partial charge on any atom is -0.503 e. The molecule has 1 aliphatic heterocycles. The maximum Gasteiger partial charge on any atom is 0.290 e. The van der Waals surface area contributed by atoms with Crippen LogP contribution in [0.5, 0.6) is 11.5 Å². The molecule has 8 heteroatoms. The number of furan rings is 1. The van der Waals surface area contributed by atoms with Crippen LogP contribution in [0, 0.1) is 0 Å². The van der Waals surface area contributed by atoms with Gasteiger partial charge in [-0.2, -0.15) is 0 Å². The van der Waals surface area contributed by atoms with Gasteiger partial charge in [0.1, 0.15) is 17.3 Å². The van der Waals surface area contributed by atoms with Crippen LogP contribution in [-0.2, 0) is 9.59 Å². The average Bonchev–Trinajstić information content (AvgIpc) is 3.47. The van der Waals surface area contributed by atoms with Gasteiger partial charge in [0.2, 0.25) is 0 Å². The molecule has 1 unspecified atom stereocenters. The molecule has 1 atom stereocenters. The number of aliphatic hydroxyl groups excluding tert-OH is 1. The van der Waals surface area contributed by atoms with Gasteiger partial charge in [-0.1, -0.05) is 13.8 Å². The van der Waals surface area contributed by atoms with Crippen molar-refractivity contribution in [2.75, 3.05) is 40.4 Å². The van der Waals surface area contributed by atoms with Crippen molar-refractivity contribution in [1.82, 2.24) is 9.80 Å². The van der Waals surface area contributed by atoms with Gasteiger partial charge in [0.05, 0.1) is 32.1 Å². The first-order chi connectivity index (χ1) is 16.4. The predicted octanol–water partition coefficient (Wildman–Crippen LogP) is 4.01. The second-order valence-electron chi connectivity index (χ2n) is 7.86. The summed E-state index contributed by atoms with van der Waals surface area (Å²) in [6, 6.07) is 7.80. The van der Waals surface area contributed by atoms with E-state index >= 15 is 0 Å². The third-order valence-electron chi connectivity index (χ3n) is 6.01. The molecule has 0 fully saturated rings. The molecule has 0 aliphatic carbocycles. The Hall–Kier alpha value is -3.52. The van der Waals surface area contributed by atoms with E-state index in [1.807, 2.05) is 0 Å². The lowest BCUT2D eigenvalue weighted by molar-refractivity contribution is -0.129. The molecule has 3 rings (SSSR count). The highest BCUT2D eigenvalue weighted by atomic mass is 16.5. The van der Waals surface area contributed by atoms with Crippen molar-refractivity contribution in [3.05, 3.63) is 65.3 Å². The highest BCUT2D eigenvalue weighted by Crippen LogP contribution is 2.43. The molecular weight excluding hydrogens is 436 g/mol. The van der Waals surface area contributed by atoms with Crippen LogP contribution < -0.4 is 9.47 Å². The van der Waals surface area contributed by atoms with Crippen LogP contribution in [0.2, 0.25) is 0 Å². The molecule has 0 bridgehead atoms. The molecule has 1 aromatic carbocycles. The molecule has 0 saturated carbocycles. The fourth-order valence-corrected chi connectivity index (χ4v) is 4.15. The van der Waals surface area contributed by atoms with Gasteiger partial charge < -0.3 is 28.8 Å². The summed E-state index contributed by atoms with van der Waals surface area (Å²) in [6.07, 6.45) is 5.00. The maximum atomic E-state index is 13.2. The Kier molecular flexibility index (Phi) is 8.54. The maximum absolute atomic E-state index is 13.2. The van der Waals surface area contributed by atoms with Gasteiger partial charge in [-0.05, 0) is 68.5 Å². The lowest BCUT2D eigenvalue weighted by Crippen LogP contribution is -2.34. The van der Waals surface area contributed by atoms with Crippen molar-refractivity contribution in [3.8, 4) is 11.5 Å². The molecule has 1 amide bonds. The minimum absolute atomic E-state index is 0.00204. The summed E-state index contributed by atoms with van der Waals surface area (Å²) in [5.41, 5.74) is 0.569. The summed E-state index contributed by atoms with van der Waals surface area (Å²) in [7, 11) is 3.06. The van der Waals surface area contributed by atoms with Crippen molar-refractivity contribution in [3.63, 3.8) is 0 Å². The number of hydrogen-bond acceptors (Lipinski definition) is 7. The fourth-order valence-electron chi connectivity index (χ4n) is 4.15. The molecule has 2 heterocycles. The number of amides is 1. The summed E-state index contributed by atoms with van der Waals surface area (Å²) < 4.78 is 16.2. The number of ketones is 1. The first kappa shape index (κ1) is 25.1. The van der Waals surface area contributed by atoms with Gasteiger partial charge in [0.25, 0.3) is 5.91 Å². The number of aliphatic hydroxyl groups is 1. The van der Waals surface area contributed by atoms with Crippen molar-refractivity contribution >= 4 is 17.8 Å². The van der Waals surface area contributed by atoms with Crippen molar-refractivity contribution < 1.29 is 28.6 Å². The van der Waals surface area contributed by atoms with Crippen molar-refractivity contribution in [1.29, 1.82) is 0 Å². The standard InChI is InChI=1S/C26H32N2O6/c1-5-27(6-2)14-8-15-28-24(20-17-19(32-3)11-13-22(20)33-4)23(25(30)26(28)31)21(29)12-10-18-9-7-16-34-18/h7,9-13,16-17,24,30H,5-6,8,14-15H2,1-4H3/b12-10+. The van der Waals surface area contributed by atoms with E-state index in [2.05, 4.69) is 18.7 Å². The van der Waals surface area contributed by atoms with E-state index in [0.29, 0.717) is 35.8 Å². The van der Waals surface area contributed by atoms with Crippen LogP contribution >= 0.6 is 0 Å². The van der Waals surface area contributed by atoms with Crippen LogP contribution in [0.4, 0.5) is 0 Å². The number of carbonyl (C=O) groups is 2. The molecule has 0 saturated heterocycles. The number of rotatable bonds is 12. The van der Waals surface area contributed by atoms with Crippen LogP contribution in [0.15, 0.2) is 58.4 Å². The fraction of sp³-hybridized carbons (Fsp3) is 0.385. The average molecular weight is 469 g/mol. The molecule has 34 heavy (non-hydrogen) atoms. The highest BCUT2D eigenvalue weighted by Gasteiger charge is 2.44. The van der Waals surface area contributed by atoms with Crippen LogP contribution in [0.25, 0.3) is 6.08 Å². The second-order valence-corrected chi connectivity index (χ2v) is 7.86. The molecular formula is C26H32N2O6. The summed E-state index contributed by atoms with van der Waals surface area (Å²) in [4.78, 5) is 30.2. The molecule has 1 N–H and O–H groups in total. The Labute approximate surface area is 200 Å². The van der Waals surface area contributed by atoms with Gasteiger partial charge in [0.15, 0.2) is 11.5 Å². The van der Waals surface area contributed by atoms with E-state index in [1.54, 1.807) is 37.4 Å². The molecule has 182 valence electrons. The Bertz CT molecular complexity index is 1050. The van der Waals surface area contributed by atoms with Gasteiger partial charge in [-0.15, -0.1) is 0 Å². The van der Waals surface area contributed by atoms with Crippen molar-refractivity contribution in [2.24, 2.45) is 0 Å². The first-order valence-electron chi connectivity index (χ1n) is 11.4. The number of allylic oxidation sites excluding steroid dienone is 1. The molecule has 1 aliphatic rings. The molecule has 0 spiro atoms. The second kappa shape index (κ2) is 11.6. The van der Waals surface area contributed by atoms with Crippen LogP contribution in [0.1, 0.15) is 37.6 Å². The van der Waals surface area contributed by atoms with Gasteiger partial charge in [-0.25, -0.2) is 0 Å². The zero-order valence-electron chi connectivity index (χ0n) is 20.1. The summed E-state index contributed by atoms with van der Waals surface area (Å²) in [5.74, 6) is -0.0818. The highest BCUT2D eigenvalue weighted by molar-refractivity contribution is 6.14. The molecule has 2 aromatic rings. The number of carbonyl (C=O) groups excluding carboxylic acids is 2. The minimum atomic E-state index is -0.817. The van der Waals surface area contributed by atoms with E-state index in [-0.39, 0.29) is 5.57 Å². The zero-order chi connectivity index (χ0) is 24.7. The molecule has 8 nitrogen and oxygen atoms in total. The summed E-state index contributed by atoms with van der Waals surface area (Å²) in [6.45, 7) is 7.14. The van der Waals surface area contributed by atoms with E-state index in [1.165, 1.54) is 30.4 Å². The van der Waals surface area contributed by atoms with E-state index in [0.717, 1.165) is 19.6 Å². The zero-order valence-corrected chi connectivity index (χ0v) is 20.1. The smallest absolute Gasteiger partial charge is 0.290 e. The van der Waals surface area contributed by atoms with Gasteiger partial charge >= 0.3 is 0 Å². The number of benzene rings is 1. The Morgan fingerprint density at radius 2 is 1.97 bits per heavy atom. The number of methoxy groups -OCH3 is 2. The molecule has 1 aromatic heterocycles. The van der Waals surface area contributed by atoms with Crippen molar-refractivity contribution in [2.45, 2.75) is 26.3 Å². The Balaban J connectivity index is 2.00. The number of nitrogens with zero attached hydrogens (tertiary/aromatic N) is 2. The topological polar surface area (TPSA) is 92.5 Å². The first-order valence-corrected chi connectivity index (χ1v) is 11.4. The third kappa shape index (κ3) is 5.34. The lowest BCUT2D eigenvalue weighted by Gasteiger charge is -2.29. The van der Waals surface area contributed by atoms with Gasteiger partial charge in [0, 0.05) is 12.1 Å². The lowest BCUT2D eigenvalue weighted by atomic mass is 9.94. The summed E-state index contributed by atoms with van der Waals surface area (Å²) >= 11 is 0. The van der Waals surface area contributed by atoms with Gasteiger partial charge in [-0.3, -0.25) is 9.59 Å². The van der Waals surface area contributed by atoms with Crippen LogP contribution in [-0.4, -0.2) is 67.0 Å². The molecule has 0 radical (unpaired) electrons. The number of hydrogen-bond donors (Lipinski definition) is 1. The normalized spacial score (nSPS) is 16.2. The quantitative estimate of drug-likeness (QED) is 0.471. The monoisotopic (exact) mass is 468 g/mol. The Morgan fingerprint density at radius 1 is 1.21 bits per heavy atom. The van der Waals surface area contributed by atoms with E-state index in [9.17, 15) is 14.7 Å². The van der Waals surface area contributed by atoms with E-state index in [4.69, 9.17) is 13.9 Å². The predicted molar refractivity (Wildman–Crippen MR) is 129 cm³/mol. The third-order valence-corrected chi connectivity index (χ3v) is 6.01. The largest absolute Gasteiger partial charge is 0.503 e. The van der Waals surface area contributed by atoms with Crippen LogP contribution in [0.3, 0.4) is 0 Å². The summed E-state index contributed by atoms with van der Waals surface area (Å²) in [5, 5.41) is 10.8. The SMILES string of the molecule is CCN(CC)CCCN1C(=O)C(O)=C(C(=O)/C=C/c2ccco2)C1c1cc(OC)ccc1OC.